The highest BCUT2D eigenvalue weighted by Gasteiger charge is 2.36. The van der Waals surface area contributed by atoms with Crippen molar-refractivity contribution in [2.75, 3.05) is 5.32 Å². The number of aromatic nitrogens is 2. The summed E-state index contributed by atoms with van der Waals surface area (Å²) >= 11 is 1.25. The number of hydrogen-bond acceptors (Lipinski definition) is 6. The maximum absolute atomic E-state index is 13.5. The van der Waals surface area contributed by atoms with Crippen LogP contribution in [0.1, 0.15) is 26.4 Å². The van der Waals surface area contributed by atoms with E-state index in [9.17, 15) is 29.1 Å². The predicted octanol–water partition coefficient (Wildman–Crippen LogP) is 4.94. The quantitative estimate of drug-likeness (QED) is 0.277. The van der Waals surface area contributed by atoms with E-state index >= 15 is 0 Å². The first-order valence-corrected chi connectivity index (χ1v) is 12.0. The van der Waals surface area contributed by atoms with Crippen molar-refractivity contribution in [3.63, 3.8) is 0 Å². The third kappa shape index (κ3) is 4.37. The number of para-hydroxylation sites is 1. The molecule has 1 atom stereocenters. The van der Waals surface area contributed by atoms with Gasteiger partial charge in [0, 0.05) is 27.5 Å². The van der Waals surface area contributed by atoms with E-state index in [0.717, 1.165) is 12.1 Å². The second-order valence-electron chi connectivity index (χ2n) is 8.12. The molecule has 1 aromatic heterocycles. The lowest BCUT2D eigenvalue weighted by molar-refractivity contribution is -0.117. The summed E-state index contributed by atoms with van der Waals surface area (Å²) in [4.78, 5) is 38.8. The molecule has 1 aliphatic rings. The third-order valence-corrected chi connectivity index (χ3v) is 7.01. The summed E-state index contributed by atoms with van der Waals surface area (Å²) in [6.45, 7) is 0. The lowest BCUT2D eigenvalue weighted by atomic mass is 9.96. The smallest absolute Gasteiger partial charge is 0.336 e. The molecule has 0 aliphatic carbocycles. The number of carbonyl (C=O) groups is 3. The number of halogens is 1. The fourth-order valence-corrected chi connectivity index (χ4v) is 5.32. The Morgan fingerprint density at radius 1 is 1.05 bits per heavy atom. The number of hydrogen-bond donors (Lipinski definition) is 2. The highest BCUT2D eigenvalue weighted by Crippen LogP contribution is 2.45. The second kappa shape index (κ2) is 9.72. The number of benzene rings is 3. The van der Waals surface area contributed by atoms with Crippen molar-refractivity contribution in [1.82, 2.24) is 9.78 Å². The highest BCUT2D eigenvalue weighted by molar-refractivity contribution is 7.98. The minimum Gasteiger partial charge on any atom is -0.478 e. The van der Waals surface area contributed by atoms with Crippen molar-refractivity contribution >= 4 is 35.1 Å². The Kier molecular flexibility index (Phi) is 6.29. The first kappa shape index (κ1) is 24.0. The lowest BCUT2D eigenvalue weighted by Gasteiger charge is -2.20. The van der Waals surface area contributed by atoms with E-state index in [2.05, 4.69) is 10.4 Å². The van der Waals surface area contributed by atoms with E-state index in [0.29, 0.717) is 27.4 Å². The van der Waals surface area contributed by atoms with Gasteiger partial charge in [-0.1, -0.05) is 30.3 Å². The number of thioether (sulfide) groups is 1. The van der Waals surface area contributed by atoms with Crippen LogP contribution in [0.3, 0.4) is 0 Å². The summed E-state index contributed by atoms with van der Waals surface area (Å²) in [6.07, 6.45) is 0. The second-order valence-corrected chi connectivity index (χ2v) is 9.11. The average molecular weight is 513 g/mol. The number of rotatable bonds is 6. The zero-order valence-electron chi connectivity index (χ0n) is 19.0. The number of Topliss-reactive ketones (excluding diaryl/α,β-unsaturated/α-hetero) is 1. The summed E-state index contributed by atoms with van der Waals surface area (Å²) in [6, 6.07) is 20.6. The first-order chi connectivity index (χ1) is 17.9. The number of nitrogens with zero attached hydrogens (tertiary/aromatic N) is 3. The van der Waals surface area contributed by atoms with E-state index in [1.54, 1.807) is 47.1 Å². The van der Waals surface area contributed by atoms with Crippen LogP contribution in [0.25, 0.3) is 16.9 Å². The molecule has 3 aromatic carbocycles. The van der Waals surface area contributed by atoms with Gasteiger partial charge in [-0.05, 0) is 42.5 Å². The molecule has 1 unspecified atom stereocenters. The Hall–Kier alpha value is -4.75. The number of amides is 1. The van der Waals surface area contributed by atoms with Gasteiger partial charge in [-0.2, -0.15) is 10.4 Å². The molecule has 0 fully saturated rings. The standard InChI is InChI=1S/C27H17FN4O4S/c28-15-9-11-16(12-10-15)30-26(34)20(13-29)24(33)22-21-14-37-25-18(7-4-8-19(25)27(35)36)23(21)32(31-22)17-5-2-1-3-6-17/h1-12,20H,14H2,(H,30,34)(H,35,36). The fraction of sp³-hybridized carbons (Fsp3) is 0.0741. The molecule has 1 amide bonds. The molecule has 182 valence electrons. The molecule has 0 radical (unpaired) electrons. The topological polar surface area (TPSA) is 125 Å². The van der Waals surface area contributed by atoms with Crippen LogP contribution in [0.2, 0.25) is 0 Å². The van der Waals surface area contributed by atoms with Gasteiger partial charge in [0.05, 0.1) is 23.0 Å². The Balaban J connectivity index is 1.61. The largest absolute Gasteiger partial charge is 0.478 e. The SMILES string of the molecule is N#CC(C(=O)Nc1ccc(F)cc1)C(=O)c1nn(-c2ccccc2)c2c1CSc1c(C(=O)O)cccc1-2. The van der Waals surface area contributed by atoms with Gasteiger partial charge in [0.25, 0.3) is 0 Å². The van der Waals surface area contributed by atoms with Crippen molar-refractivity contribution < 1.29 is 23.9 Å². The van der Waals surface area contributed by atoms with Gasteiger partial charge in [0.15, 0.2) is 5.92 Å². The van der Waals surface area contributed by atoms with Crippen LogP contribution in [-0.4, -0.2) is 32.5 Å². The minimum atomic E-state index is -1.70. The molecule has 2 N–H and O–H groups in total. The van der Waals surface area contributed by atoms with E-state index in [-0.39, 0.29) is 22.7 Å². The van der Waals surface area contributed by atoms with Gasteiger partial charge in [0.2, 0.25) is 11.7 Å². The molecule has 0 saturated carbocycles. The summed E-state index contributed by atoms with van der Waals surface area (Å²) in [5.41, 5.74) is 2.58. The van der Waals surface area contributed by atoms with Crippen LogP contribution in [0, 0.1) is 23.1 Å². The van der Waals surface area contributed by atoms with Gasteiger partial charge in [-0.25, -0.2) is 13.9 Å². The van der Waals surface area contributed by atoms with Crippen molar-refractivity contribution in [3.05, 3.63) is 95.4 Å². The number of aromatic carboxylic acids is 1. The molecule has 0 bridgehead atoms. The summed E-state index contributed by atoms with van der Waals surface area (Å²) in [5, 5.41) is 26.4. The van der Waals surface area contributed by atoms with Gasteiger partial charge in [-0.3, -0.25) is 9.59 Å². The number of fused-ring (bicyclic) bond motifs is 3. The molecule has 8 nitrogen and oxygen atoms in total. The zero-order chi connectivity index (χ0) is 26.1. The molecule has 1 aliphatic heterocycles. The van der Waals surface area contributed by atoms with Crippen LogP contribution >= 0.6 is 11.8 Å². The van der Waals surface area contributed by atoms with Gasteiger partial charge < -0.3 is 10.4 Å². The summed E-state index contributed by atoms with van der Waals surface area (Å²) in [7, 11) is 0. The number of nitriles is 1. The minimum absolute atomic E-state index is 0.0430. The van der Waals surface area contributed by atoms with E-state index in [4.69, 9.17) is 0 Å². The molecule has 0 saturated heterocycles. The Morgan fingerprint density at radius 2 is 1.78 bits per heavy atom. The van der Waals surface area contributed by atoms with Gasteiger partial charge in [0.1, 0.15) is 11.5 Å². The van der Waals surface area contributed by atoms with Gasteiger partial charge >= 0.3 is 5.97 Å². The Bertz CT molecular complexity index is 1590. The van der Waals surface area contributed by atoms with Crippen LogP contribution < -0.4 is 5.32 Å². The zero-order valence-corrected chi connectivity index (χ0v) is 19.8. The van der Waals surface area contributed by atoms with Crippen LogP contribution in [-0.2, 0) is 10.5 Å². The first-order valence-electron chi connectivity index (χ1n) is 11.1. The number of anilines is 1. The number of carbonyl (C=O) groups excluding carboxylic acids is 2. The van der Waals surface area contributed by atoms with Crippen molar-refractivity contribution in [2.45, 2.75) is 10.6 Å². The average Bonchev–Trinajstić information content (AvgIpc) is 3.31. The lowest BCUT2D eigenvalue weighted by Crippen LogP contribution is -2.29. The molecule has 37 heavy (non-hydrogen) atoms. The Labute approximate surface area is 214 Å². The molecule has 5 rings (SSSR count). The number of nitrogens with one attached hydrogen (secondary N) is 1. The molecule has 0 spiro atoms. The van der Waals surface area contributed by atoms with Crippen LogP contribution in [0.5, 0.6) is 0 Å². The fourth-order valence-electron chi connectivity index (χ4n) is 4.13. The third-order valence-electron chi connectivity index (χ3n) is 5.84. The maximum Gasteiger partial charge on any atom is 0.336 e. The monoisotopic (exact) mass is 512 g/mol. The number of carboxylic acids is 1. The molecular weight excluding hydrogens is 495 g/mol. The summed E-state index contributed by atoms with van der Waals surface area (Å²) < 4.78 is 14.8. The normalized spacial score (nSPS) is 12.5. The van der Waals surface area contributed by atoms with Crippen LogP contribution in [0.15, 0.2) is 77.7 Å². The van der Waals surface area contributed by atoms with Crippen molar-refractivity contribution in [1.29, 1.82) is 5.26 Å². The predicted molar refractivity (Wildman–Crippen MR) is 134 cm³/mol. The van der Waals surface area contributed by atoms with Crippen molar-refractivity contribution in [3.8, 4) is 23.0 Å². The summed E-state index contributed by atoms with van der Waals surface area (Å²) in [5.74, 6) is -4.70. The number of carboxylic acid groups (broad SMARTS) is 1. The van der Waals surface area contributed by atoms with Gasteiger partial charge in [-0.15, -0.1) is 11.8 Å². The van der Waals surface area contributed by atoms with Crippen LogP contribution in [0.4, 0.5) is 10.1 Å². The van der Waals surface area contributed by atoms with E-state index < -0.39 is 29.4 Å². The van der Waals surface area contributed by atoms with E-state index in [1.807, 2.05) is 6.07 Å². The molecule has 10 heteroatoms. The molecule has 2 heterocycles. The number of ketones is 1. The molecular formula is C27H17FN4O4S. The highest BCUT2D eigenvalue weighted by atomic mass is 32.2. The van der Waals surface area contributed by atoms with Crippen molar-refractivity contribution in [2.24, 2.45) is 5.92 Å². The maximum atomic E-state index is 13.5. The molecule has 4 aromatic rings. The van der Waals surface area contributed by atoms with E-state index in [1.165, 1.54) is 30.0 Å². The Morgan fingerprint density at radius 3 is 2.46 bits per heavy atom.